The summed E-state index contributed by atoms with van der Waals surface area (Å²) in [5.41, 5.74) is 0.500. The number of carbonyl (C=O) groups excluding carboxylic acids is 2. The van der Waals surface area contributed by atoms with Crippen LogP contribution < -0.4 is 10.1 Å². The van der Waals surface area contributed by atoms with Gasteiger partial charge < -0.3 is 14.4 Å². The zero-order chi connectivity index (χ0) is 16.5. The van der Waals surface area contributed by atoms with E-state index in [1.54, 1.807) is 43.0 Å². The van der Waals surface area contributed by atoms with Crippen molar-refractivity contribution in [3.63, 3.8) is 0 Å². The summed E-state index contributed by atoms with van der Waals surface area (Å²) in [5, 5.41) is 3.26. The molecular formula is C15H21BrN2O4. The molecule has 0 aliphatic carbocycles. The van der Waals surface area contributed by atoms with E-state index >= 15 is 0 Å². The van der Waals surface area contributed by atoms with Gasteiger partial charge in [-0.05, 0) is 32.9 Å². The molecule has 2 amide bonds. The smallest absolute Gasteiger partial charge is 0.415 e. The molecule has 1 N–H and O–H groups in total. The molecule has 0 aliphatic heterocycles. The van der Waals surface area contributed by atoms with Crippen LogP contribution in [0.15, 0.2) is 24.3 Å². The molecule has 0 heterocycles. The number of alkyl halides is 1. The molecule has 22 heavy (non-hydrogen) atoms. The summed E-state index contributed by atoms with van der Waals surface area (Å²) in [6, 6.07) is 6.60. The van der Waals surface area contributed by atoms with Crippen molar-refractivity contribution in [2.24, 2.45) is 0 Å². The maximum Gasteiger partial charge on any atom is 0.415 e. The van der Waals surface area contributed by atoms with Crippen molar-refractivity contribution in [2.75, 3.05) is 23.7 Å². The van der Waals surface area contributed by atoms with E-state index in [1.807, 2.05) is 6.92 Å². The number of carbonyl (C=O) groups is 2. The fraction of sp³-hybridized carbons (Fsp3) is 0.467. The zero-order valence-electron chi connectivity index (χ0n) is 13.0. The SMILES string of the molecule is CCN(CCBr)C(=O)Oc1cccc(NC(=O)OC(C)C)c1. The van der Waals surface area contributed by atoms with Gasteiger partial charge >= 0.3 is 12.2 Å². The van der Waals surface area contributed by atoms with Gasteiger partial charge in [0.1, 0.15) is 5.75 Å². The minimum atomic E-state index is -0.548. The quantitative estimate of drug-likeness (QED) is 0.769. The summed E-state index contributed by atoms with van der Waals surface area (Å²) in [4.78, 5) is 25.1. The van der Waals surface area contributed by atoms with Gasteiger partial charge in [0.05, 0.1) is 6.10 Å². The molecule has 0 saturated heterocycles. The molecule has 0 aliphatic rings. The van der Waals surface area contributed by atoms with Gasteiger partial charge in [0.2, 0.25) is 0 Å². The highest BCUT2D eigenvalue weighted by atomic mass is 79.9. The molecule has 6 nitrogen and oxygen atoms in total. The first-order chi connectivity index (χ1) is 10.5. The van der Waals surface area contributed by atoms with Gasteiger partial charge in [0, 0.05) is 30.2 Å². The average molecular weight is 373 g/mol. The lowest BCUT2D eigenvalue weighted by Crippen LogP contribution is -2.34. The lowest BCUT2D eigenvalue weighted by molar-refractivity contribution is 0.130. The third-order valence-corrected chi connectivity index (χ3v) is 2.98. The minimum absolute atomic E-state index is 0.205. The molecule has 0 atom stereocenters. The fourth-order valence-electron chi connectivity index (χ4n) is 1.64. The number of rotatable bonds is 6. The average Bonchev–Trinajstić information content (AvgIpc) is 2.43. The van der Waals surface area contributed by atoms with Crippen molar-refractivity contribution >= 4 is 33.8 Å². The third-order valence-electron chi connectivity index (χ3n) is 2.62. The van der Waals surface area contributed by atoms with Gasteiger partial charge in [-0.3, -0.25) is 5.32 Å². The fourth-order valence-corrected chi connectivity index (χ4v) is 2.07. The first-order valence-electron chi connectivity index (χ1n) is 7.06. The standard InChI is InChI=1S/C15H21BrN2O4/c1-4-18(9-8-16)15(20)22-13-7-5-6-12(10-13)17-14(19)21-11(2)3/h5-7,10-11H,4,8-9H2,1-3H3,(H,17,19). The Bertz CT molecular complexity index is 508. The number of hydrogen-bond acceptors (Lipinski definition) is 4. The van der Waals surface area contributed by atoms with Crippen molar-refractivity contribution in [1.82, 2.24) is 4.90 Å². The topological polar surface area (TPSA) is 67.9 Å². The molecule has 122 valence electrons. The van der Waals surface area contributed by atoms with Crippen molar-refractivity contribution in [1.29, 1.82) is 0 Å². The number of ether oxygens (including phenoxy) is 2. The van der Waals surface area contributed by atoms with Crippen molar-refractivity contribution < 1.29 is 19.1 Å². The largest absolute Gasteiger partial charge is 0.447 e. The number of hydrogen-bond donors (Lipinski definition) is 1. The van der Waals surface area contributed by atoms with Gasteiger partial charge in [-0.15, -0.1) is 0 Å². The summed E-state index contributed by atoms with van der Waals surface area (Å²) in [7, 11) is 0. The first-order valence-corrected chi connectivity index (χ1v) is 8.18. The van der Waals surface area contributed by atoms with E-state index in [-0.39, 0.29) is 6.10 Å². The third kappa shape index (κ3) is 6.34. The highest BCUT2D eigenvalue weighted by molar-refractivity contribution is 9.09. The maximum absolute atomic E-state index is 12.0. The number of benzene rings is 1. The molecular weight excluding hydrogens is 352 g/mol. The highest BCUT2D eigenvalue weighted by Crippen LogP contribution is 2.18. The highest BCUT2D eigenvalue weighted by Gasteiger charge is 2.14. The van der Waals surface area contributed by atoms with E-state index in [1.165, 1.54) is 0 Å². The number of anilines is 1. The Hall–Kier alpha value is -1.76. The Morgan fingerprint density at radius 3 is 2.68 bits per heavy atom. The molecule has 0 radical (unpaired) electrons. The van der Waals surface area contributed by atoms with Crippen LogP contribution in [-0.2, 0) is 4.74 Å². The Morgan fingerprint density at radius 2 is 2.09 bits per heavy atom. The molecule has 0 saturated carbocycles. The predicted molar refractivity (Wildman–Crippen MR) is 88.7 cm³/mol. The van der Waals surface area contributed by atoms with E-state index in [2.05, 4.69) is 21.2 Å². The summed E-state index contributed by atoms with van der Waals surface area (Å²) < 4.78 is 10.3. The van der Waals surface area contributed by atoms with E-state index in [4.69, 9.17) is 9.47 Å². The van der Waals surface area contributed by atoms with Crippen LogP contribution in [0.4, 0.5) is 15.3 Å². The van der Waals surface area contributed by atoms with E-state index in [0.717, 1.165) is 0 Å². The molecule has 7 heteroatoms. The van der Waals surface area contributed by atoms with Crippen LogP contribution >= 0.6 is 15.9 Å². The van der Waals surface area contributed by atoms with Crippen LogP contribution in [0.25, 0.3) is 0 Å². The summed E-state index contributed by atoms with van der Waals surface area (Å²) in [6.45, 7) is 6.53. The van der Waals surface area contributed by atoms with Crippen molar-refractivity contribution in [2.45, 2.75) is 26.9 Å². The van der Waals surface area contributed by atoms with Crippen LogP contribution in [0.3, 0.4) is 0 Å². The molecule has 0 bridgehead atoms. The summed E-state index contributed by atoms with van der Waals surface area (Å²) in [5.74, 6) is 0.361. The second kappa shape index (κ2) is 9.30. The first kappa shape index (κ1) is 18.3. The monoisotopic (exact) mass is 372 g/mol. The lowest BCUT2D eigenvalue weighted by atomic mass is 10.3. The predicted octanol–water partition coefficient (Wildman–Crippen LogP) is 3.86. The van der Waals surface area contributed by atoms with Crippen LogP contribution in [0.1, 0.15) is 20.8 Å². The molecule has 1 rings (SSSR count). The molecule has 1 aromatic carbocycles. The maximum atomic E-state index is 12.0. The Kier molecular flexibility index (Phi) is 7.73. The number of halogens is 1. The molecule has 1 aromatic rings. The Labute approximate surface area is 138 Å². The van der Waals surface area contributed by atoms with Crippen molar-refractivity contribution in [3.05, 3.63) is 24.3 Å². The van der Waals surface area contributed by atoms with Crippen LogP contribution in [0, 0.1) is 0 Å². The zero-order valence-corrected chi connectivity index (χ0v) is 14.6. The van der Waals surface area contributed by atoms with E-state index in [9.17, 15) is 9.59 Å². The van der Waals surface area contributed by atoms with Crippen molar-refractivity contribution in [3.8, 4) is 5.75 Å². The molecule has 0 aromatic heterocycles. The normalized spacial score (nSPS) is 10.2. The molecule has 0 unspecified atom stereocenters. The minimum Gasteiger partial charge on any atom is -0.447 e. The van der Waals surface area contributed by atoms with Crippen LogP contribution in [-0.4, -0.2) is 41.6 Å². The van der Waals surface area contributed by atoms with E-state index in [0.29, 0.717) is 29.9 Å². The van der Waals surface area contributed by atoms with Crippen LogP contribution in [0.5, 0.6) is 5.75 Å². The van der Waals surface area contributed by atoms with Gasteiger partial charge in [-0.2, -0.15) is 0 Å². The second-order valence-electron chi connectivity index (χ2n) is 4.74. The van der Waals surface area contributed by atoms with Gasteiger partial charge in [-0.1, -0.05) is 22.0 Å². The summed E-state index contributed by atoms with van der Waals surface area (Å²) in [6.07, 6.45) is -1.18. The number of nitrogens with zero attached hydrogens (tertiary/aromatic N) is 1. The Morgan fingerprint density at radius 1 is 1.36 bits per heavy atom. The number of nitrogens with one attached hydrogen (secondary N) is 1. The second-order valence-corrected chi connectivity index (χ2v) is 5.54. The molecule has 0 fully saturated rings. The lowest BCUT2D eigenvalue weighted by Gasteiger charge is -2.19. The number of amides is 2. The van der Waals surface area contributed by atoms with E-state index < -0.39 is 12.2 Å². The van der Waals surface area contributed by atoms with Gasteiger partial charge in [0.15, 0.2) is 0 Å². The van der Waals surface area contributed by atoms with Gasteiger partial charge in [0.25, 0.3) is 0 Å². The Balaban J connectivity index is 2.67. The molecule has 0 spiro atoms. The summed E-state index contributed by atoms with van der Waals surface area (Å²) >= 11 is 3.29. The van der Waals surface area contributed by atoms with Gasteiger partial charge in [-0.25, -0.2) is 9.59 Å². The van der Waals surface area contributed by atoms with Crippen LogP contribution in [0.2, 0.25) is 0 Å².